The van der Waals surface area contributed by atoms with Crippen molar-refractivity contribution < 1.29 is 0 Å². The average Bonchev–Trinajstić information content (AvgIpc) is 1.95. The number of hydrogen-bond donors (Lipinski definition) is 0. The third-order valence-electron chi connectivity index (χ3n) is 2.41. The predicted octanol–water partition coefficient (Wildman–Crippen LogP) is 1.82. The Balaban J connectivity index is 2.13. The molecule has 0 aromatic rings. The van der Waals surface area contributed by atoms with Gasteiger partial charge < -0.3 is 4.90 Å². The van der Waals surface area contributed by atoms with Crippen LogP contribution in [0.3, 0.4) is 0 Å². The van der Waals surface area contributed by atoms with Crippen LogP contribution in [0.25, 0.3) is 0 Å². The molecule has 1 fully saturated rings. The minimum Gasteiger partial charge on any atom is -0.306 e. The topological polar surface area (TPSA) is 3.24 Å². The molecule has 0 bridgehead atoms. The minimum atomic E-state index is 0.869. The highest BCUT2D eigenvalue weighted by molar-refractivity contribution is 4.69. The molecule has 0 aromatic carbocycles. The Bertz CT molecular complexity index is 82.7. The normalized spacial score (nSPS) is 23.4. The molecule has 0 saturated carbocycles. The molecular formula is C9H17N. The molecule has 0 N–H and O–H groups in total. The summed E-state index contributed by atoms with van der Waals surface area (Å²) in [7, 11) is 2.19. The SMILES string of the molecule is [CH]CCC1CCN(C)CC1. The zero-order valence-electron chi connectivity index (χ0n) is 6.84. The van der Waals surface area contributed by atoms with Gasteiger partial charge in [-0.25, -0.2) is 0 Å². The molecule has 1 nitrogen and oxygen atoms in total. The van der Waals surface area contributed by atoms with Gasteiger partial charge in [-0.1, -0.05) is 6.42 Å². The van der Waals surface area contributed by atoms with Crippen molar-refractivity contribution in [2.75, 3.05) is 20.1 Å². The molecule has 1 saturated heterocycles. The molecular weight excluding hydrogens is 122 g/mol. The lowest BCUT2D eigenvalue weighted by molar-refractivity contribution is 0.213. The Morgan fingerprint density at radius 1 is 1.40 bits per heavy atom. The molecule has 1 heteroatoms. The van der Waals surface area contributed by atoms with E-state index in [2.05, 4.69) is 11.9 Å². The Kier molecular flexibility index (Phi) is 3.20. The second kappa shape index (κ2) is 3.97. The van der Waals surface area contributed by atoms with Crippen LogP contribution in [-0.4, -0.2) is 25.0 Å². The summed E-state index contributed by atoms with van der Waals surface area (Å²) in [6.45, 7) is 8.02. The summed E-state index contributed by atoms with van der Waals surface area (Å²) in [5, 5.41) is 0. The van der Waals surface area contributed by atoms with E-state index in [4.69, 9.17) is 6.92 Å². The van der Waals surface area contributed by atoms with Gasteiger partial charge in [0, 0.05) is 0 Å². The van der Waals surface area contributed by atoms with Gasteiger partial charge in [-0.2, -0.15) is 0 Å². The third-order valence-corrected chi connectivity index (χ3v) is 2.41. The highest BCUT2D eigenvalue weighted by Gasteiger charge is 2.14. The molecule has 0 amide bonds. The second-order valence-corrected chi connectivity index (χ2v) is 3.32. The first-order valence-electron chi connectivity index (χ1n) is 4.21. The maximum Gasteiger partial charge on any atom is -0.00191 e. The van der Waals surface area contributed by atoms with Gasteiger partial charge in [-0.15, -0.1) is 0 Å². The Morgan fingerprint density at radius 3 is 2.50 bits per heavy atom. The Labute approximate surface area is 64.4 Å². The number of hydrogen-bond acceptors (Lipinski definition) is 1. The van der Waals surface area contributed by atoms with Gasteiger partial charge >= 0.3 is 0 Å². The number of piperidine rings is 1. The van der Waals surface area contributed by atoms with Crippen LogP contribution in [-0.2, 0) is 0 Å². The number of likely N-dealkylation sites (tertiary alicyclic amines) is 1. The quantitative estimate of drug-likeness (QED) is 0.564. The highest BCUT2D eigenvalue weighted by Crippen LogP contribution is 2.20. The maximum atomic E-state index is 5.48. The van der Waals surface area contributed by atoms with Crippen LogP contribution >= 0.6 is 0 Å². The van der Waals surface area contributed by atoms with E-state index in [0.29, 0.717) is 0 Å². The Hall–Kier alpha value is -0.0400. The summed E-state index contributed by atoms with van der Waals surface area (Å²) in [6, 6.07) is 0. The number of nitrogens with zero attached hydrogens (tertiary/aromatic N) is 1. The maximum absolute atomic E-state index is 5.48. The molecule has 0 spiro atoms. The predicted molar refractivity (Wildman–Crippen MR) is 43.8 cm³/mol. The van der Waals surface area contributed by atoms with Crippen LogP contribution in [0.1, 0.15) is 25.7 Å². The van der Waals surface area contributed by atoms with Gasteiger partial charge in [0.05, 0.1) is 0 Å². The van der Waals surface area contributed by atoms with Crippen molar-refractivity contribution in [2.24, 2.45) is 5.92 Å². The Morgan fingerprint density at radius 2 is 2.00 bits per heavy atom. The van der Waals surface area contributed by atoms with Gasteiger partial charge in [0.2, 0.25) is 0 Å². The van der Waals surface area contributed by atoms with E-state index < -0.39 is 0 Å². The summed E-state index contributed by atoms with van der Waals surface area (Å²) in [5.74, 6) is 0.918. The molecule has 0 aromatic heterocycles. The first-order valence-corrected chi connectivity index (χ1v) is 4.21. The van der Waals surface area contributed by atoms with Crippen LogP contribution in [0.4, 0.5) is 0 Å². The molecule has 58 valence electrons. The zero-order chi connectivity index (χ0) is 7.40. The molecule has 1 aliphatic rings. The molecule has 1 aliphatic heterocycles. The lowest BCUT2D eigenvalue weighted by Crippen LogP contribution is -2.29. The fourth-order valence-corrected chi connectivity index (χ4v) is 1.59. The fraction of sp³-hybridized carbons (Fsp3) is 0.889. The molecule has 1 heterocycles. The molecule has 0 unspecified atom stereocenters. The van der Waals surface area contributed by atoms with Gasteiger partial charge in [0.1, 0.15) is 0 Å². The first-order chi connectivity index (χ1) is 4.83. The summed E-state index contributed by atoms with van der Waals surface area (Å²) < 4.78 is 0. The molecule has 0 atom stereocenters. The van der Waals surface area contributed by atoms with Crippen molar-refractivity contribution >= 4 is 0 Å². The van der Waals surface area contributed by atoms with Gasteiger partial charge in [-0.3, -0.25) is 0 Å². The van der Waals surface area contributed by atoms with Crippen molar-refractivity contribution in [3.05, 3.63) is 6.92 Å². The lowest BCUT2D eigenvalue weighted by atomic mass is 9.93. The summed E-state index contributed by atoms with van der Waals surface area (Å²) in [6.07, 6.45) is 4.81. The standard InChI is InChI=1S/C9H17N/c1-3-4-9-5-7-10(2)8-6-9/h1,9H,3-8H2,2H3. The van der Waals surface area contributed by atoms with E-state index >= 15 is 0 Å². The van der Waals surface area contributed by atoms with E-state index in [0.717, 1.165) is 12.3 Å². The van der Waals surface area contributed by atoms with Crippen LogP contribution < -0.4 is 0 Å². The van der Waals surface area contributed by atoms with E-state index in [1.54, 1.807) is 0 Å². The van der Waals surface area contributed by atoms with Crippen molar-refractivity contribution in [1.29, 1.82) is 0 Å². The number of rotatable bonds is 2. The van der Waals surface area contributed by atoms with Crippen molar-refractivity contribution in [3.8, 4) is 0 Å². The largest absolute Gasteiger partial charge is 0.306 e. The van der Waals surface area contributed by atoms with Gasteiger partial charge in [0.25, 0.3) is 0 Å². The zero-order valence-corrected chi connectivity index (χ0v) is 6.84. The molecule has 10 heavy (non-hydrogen) atoms. The summed E-state index contributed by atoms with van der Waals surface area (Å²) in [4.78, 5) is 2.40. The van der Waals surface area contributed by atoms with Crippen LogP contribution in [0.2, 0.25) is 0 Å². The fourth-order valence-electron chi connectivity index (χ4n) is 1.59. The third kappa shape index (κ3) is 2.30. The van der Waals surface area contributed by atoms with Crippen LogP contribution in [0.15, 0.2) is 0 Å². The van der Waals surface area contributed by atoms with E-state index in [1.807, 2.05) is 0 Å². The summed E-state index contributed by atoms with van der Waals surface area (Å²) >= 11 is 0. The minimum absolute atomic E-state index is 0.869. The van der Waals surface area contributed by atoms with Crippen molar-refractivity contribution in [2.45, 2.75) is 25.7 Å². The lowest BCUT2D eigenvalue weighted by Gasteiger charge is -2.28. The first kappa shape index (κ1) is 8.06. The highest BCUT2D eigenvalue weighted by atomic mass is 15.1. The molecule has 0 aliphatic carbocycles. The molecule has 2 radical (unpaired) electrons. The van der Waals surface area contributed by atoms with E-state index in [-0.39, 0.29) is 0 Å². The van der Waals surface area contributed by atoms with Crippen LogP contribution in [0, 0.1) is 12.8 Å². The molecule has 1 rings (SSSR count). The van der Waals surface area contributed by atoms with Crippen molar-refractivity contribution in [3.63, 3.8) is 0 Å². The smallest absolute Gasteiger partial charge is 0.00191 e. The monoisotopic (exact) mass is 139 g/mol. The van der Waals surface area contributed by atoms with Crippen molar-refractivity contribution in [1.82, 2.24) is 4.90 Å². The van der Waals surface area contributed by atoms with E-state index in [9.17, 15) is 0 Å². The van der Waals surface area contributed by atoms with E-state index in [1.165, 1.54) is 32.4 Å². The van der Waals surface area contributed by atoms with Crippen LogP contribution in [0.5, 0.6) is 0 Å². The van der Waals surface area contributed by atoms with Gasteiger partial charge in [-0.05, 0) is 52.2 Å². The summed E-state index contributed by atoms with van der Waals surface area (Å²) in [5.41, 5.74) is 0. The average molecular weight is 139 g/mol. The second-order valence-electron chi connectivity index (χ2n) is 3.32. The van der Waals surface area contributed by atoms with Gasteiger partial charge in [0.15, 0.2) is 0 Å².